The number of carbonyl (C=O) groups excluding carboxylic acids is 2. The normalized spacial score (nSPS) is 19.4. The van der Waals surface area contributed by atoms with Crippen LogP contribution in [0.4, 0.5) is 5.69 Å². The number of carbonyl (C=O) groups is 2. The molecule has 2 aliphatic rings. The van der Waals surface area contributed by atoms with Crippen LogP contribution in [0.5, 0.6) is 5.75 Å². The summed E-state index contributed by atoms with van der Waals surface area (Å²) in [6, 6.07) is 15.5. The number of ether oxygens (including phenoxy) is 1. The zero-order valence-electron chi connectivity index (χ0n) is 15.6. The molecule has 5 heteroatoms. The van der Waals surface area contributed by atoms with Crippen LogP contribution in [0, 0.1) is 0 Å². The van der Waals surface area contributed by atoms with Crippen LogP contribution in [0.3, 0.4) is 0 Å². The summed E-state index contributed by atoms with van der Waals surface area (Å²) in [6.07, 6.45) is 3.34. The number of hydrogen-bond acceptors (Lipinski definition) is 3. The van der Waals surface area contributed by atoms with Crippen LogP contribution < -0.4 is 9.64 Å². The van der Waals surface area contributed by atoms with Crippen LogP contribution in [0.1, 0.15) is 42.1 Å². The number of benzene rings is 2. The average Bonchev–Trinajstić information content (AvgIpc) is 2.70. The fraction of sp³-hybridized carbons (Fsp3) is 0.364. The lowest BCUT2D eigenvalue weighted by Crippen LogP contribution is -2.42. The summed E-state index contributed by atoms with van der Waals surface area (Å²) in [4.78, 5) is 28.8. The Morgan fingerprint density at radius 3 is 2.67 bits per heavy atom. The van der Waals surface area contributed by atoms with Crippen LogP contribution in [0.25, 0.3) is 0 Å². The Hall–Kier alpha value is -2.82. The molecule has 0 aliphatic carbocycles. The van der Waals surface area contributed by atoms with Gasteiger partial charge in [0.05, 0.1) is 12.2 Å². The number of para-hydroxylation sites is 2. The zero-order valence-corrected chi connectivity index (χ0v) is 15.6. The standard InChI is InChI=1S/C22H24N2O3/c1-16-6-4-5-13-23(16)22(26)18-11-9-17(10-12-18)14-24-19-7-2-3-8-20(19)27-15-21(24)25/h2-3,7-12,16H,4-6,13-15H2,1H3. The maximum atomic E-state index is 12.8. The first kappa shape index (κ1) is 17.6. The highest BCUT2D eigenvalue weighted by atomic mass is 16.5. The maximum absolute atomic E-state index is 12.8. The molecule has 0 N–H and O–H groups in total. The second-order valence-corrected chi connectivity index (χ2v) is 7.28. The molecule has 1 unspecified atom stereocenters. The minimum atomic E-state index is -0.0593. The topological polar surface area (TPSA) is 49.9 Å². The third-order valence-electron chi connectivity index (χ3n) is 5.41. The molecule has 2 aliphatic heterocycles. The molecule has 2 heterocycles. The van der Waals surface area contributed by atoms with Crippen LogP contribution in [0.15, 0.2) is 48.5 Å². The van der Waals surface area contributed by atoms with Gasteiger partial charge in [-0.1, -0.05) is 24.3 Å². The maximum Gasteiger partial charge on any atom is 0.265 e. The first-order valence-corrected chi connectivity index (χ1v) is 9.55. The van der Waals surface area contributed by atoms with Gasteiger partial charge < -0.3 is 14.5 Å². The molecule has 0 bridgehead atoms. The Kier molecular flexibility index (Phi) is 4.84. The van der Waals surface area contributed by atoms with Crippen molar-refractivity contribution < 1.29 is 14.3 Å². The van der Waals surface area contributed by atoms with Crippen LogP contribution >= 0.6 is 0 Å². The van der Waals surface area contributed by atoms with Gasteiger partial charge in [-0.2, -0.15) is 0 Å². The van der Waals surface area contributed by atoms with Gasteiger partial charge in [0.25, 0.3) is 11.8 Å². The Labute approximate surface area is 159 Å². The lowest BCUT2D eigenvalue weighted by molar-refractivity contribution is -0.121. The van der Waals surface area contributed by atoms with E-state index in [9.17, 15) is 9.59 Å². The van der Waals surface area contributed by atoms with Gasteiger partial charge in [-0.05, 0) is 56.0 Å². The predicted molar refractivity (Wildman–Crippen MR) is 104 cm³/mol. The zero-order chi connectivity index (χ0) is 18.8. The van der Waals surface area contributed by atoms with Gasteiger partial charge in [0.2, 0.25) is 0 Å². The Balaban J connectivity index is 1.50. The lowest BCUT2D eigenvalue weighted by Gasteiger charge is -2.33. The number of amides is 2. The second-order valence-electron chi connectivity index (χ2n) is 7.28. The molecule has 27 heavy (non-hydrogen) atoms. The molecular weight excluding hydrogens is 340 g/mol. The van der Waals surface area contributed by atoms with E-state index in [1.165, 1.54) is 6.42 Å². The highest BCUT2D eigenvalue weighted by Gasteiger charge is 2.26. The van der Waals surface area contributed by atoms with Crippen molar-refractivity contribution in [3.05, 3.63) is 59.7 Å². The quantitative estimate of drug-likeness (QED) is 0.836. The average molecular weight is 364 g/mol. The number of hydrogen-bond donors (Lipinski definition) is 0. The summed E-state index contributed by atoms with van der Waals surface area (Å²) >= 11 is 0. The van der Waals surface area contributed by atoms with E-state index >= 15 is 0 Å². The number of piperidine rings is 1. The molecule has 0 radical (unpaired) electrons. The third kappa shape index (κ3) is 3.54. The van der Waals surface area contributed by atoms with Crippen molar-refractivity contribution in [1.29, 1.82) is 0 Å². The van der Waals surface area contributed by atoms with Crippen molar-refractivity contribution in [1.82, 2.24) is 4.90 Å². The van der Waals surface area contributed by atoms with Crippen molar-refractivity contribution in [2.75, 3.05) is 18.1 Å². The van der Waals surface area contributed by atoms with Crippen LogP contribution in [-0.4, -0.2) is 35.9 Å². The van der Waals surface area contributed by atoms with Gasteiger partial charge in [-0.3, -0.25) is 9.59 Å². The molecule has 0 spiro atoms. The Morgan fingerprint density at radius 2 is 1.89 bits per heavy atom. The molecular formula is C22H24N2O3. The molecule has 2 aromatic carbocycles. The molecule has 1 fully saturated rings. The van der Waals surface area contributed by atoms with Gasteiger partial charge in [0.15, 0.2) is 6.61 Å². The molecule has 5 nitrogen and oxygen atoms in total. The lowest BCUT2D eigenvalue weighted by atomic mass is 10.0. The van der Waals surface area contributed by atoms with E-state index in [1.54, 1.807) is 4.90 Å². The molecule has 0 aromatic heterocycles. The molecule has 0 saturated carbocycles. The second kappa shape index (κ2) is 7.43. The highest BCUT2D eigenvalue weighted by Crippen LogP contribution is 2.32. The van der Waals surface area contributed by atoms with Crippen LogP contribution in [0.2, 0.25) is 0 Å². The van der Waals surface area contributed by atoms with Crippen LogP contribution in [-0.2, 0) is 11.3 Å². The van der Waals surface area contributed by atoms with Crippen molar-refractivity contribution >= 4 is 17.5 Å². The van der Waals surface area contributed by atoms with Crippen molar-refractivity contribution in [2.45, 2.75) is 38.8 Å². The molecule has 1 atom stereocenters. The van der Waals surface area contributed by atoms with Crippen molar-refractivity contribution in [2.24, 2.45) is 0 Å². The van der Waals surface area contributed by atoms with Gasteiger partial charge in [0, 0.05) is 18.2 Å². The third-order valence-corrected chi connectivity index (χ3v) is 5.41. The number of fused-ring (bicyclic) bond motifs is 1. The van der Waals surface area contributed by atoms with E-state index in [0.717, 1.165) is 36.4 Å². The largest absolute Gasteiger partial charge is 0.482 e. The highest BCUT2D eigenvalue weighted by molar-refractivity contribution is 5.98. The molecule has 4 rings (SSSR count). The first-order chi connectivity index (χ1) is 13.1. The molecule has 2 aromatic rings. The first-order valence-electron chi connectivity index (χ1n) is 9.55. The number of anilines is 1. The summed E-state index contributed by atoms with van der Waals surface area (Å²) in [5, 5.41) is 0. The summed E-state index contributed by atoms with van der Waals surface area (Å²) < 4.78 is 5.49. The monoisotopic (exact) mass is 364 g/mol. The van der Waals surface area contributed by atoms with E-state index < -0.39 is 0 Å². The van der Waals surface area contributed by atoms with E-state index in [4.69, 9.17) is 4.74 Å². The van der Waals surface area contributed by atoms with Crippen molar-refractivity contribution in [3.63, 3.8) is 0 Å². The minimum absolute atomic E-state index is 0.0560. The van der Waals surface area contributed by atoms with E-state index in [-0.39, 0.29) is 18.4 Å². The van der Waals surface area contributed by atoms with Gasteiger partial charge in [-0.25, -0.2) is 0 Å². The fourth-order valence-corrected chi connectivity index (χ4v) is 3.83. The summed E-state index contributed by atoms with van der Waals surface area (Å²) in [5.74, 6) is 0.764. The summed E-state index contributed by atoms with van der Waals surface area (Å²) in [6.45, 7) is 3.47. The molecule has 1 saturated heterocycles. The number of likely N-dealkylation sites (tertiary alicyclic amines) is 1. The smallest absolute Gasteiger partial charge is 0.265 e. The Morgan fingerprint density at radius 1 is 1.11 bits per heavy atom. The van der Waals surface area contributed by atoms with E-state index in [1.807, 2.05) is 53.4 Å². The van der Waals surface area contributed by atoms with Gasteiger partial charge >= 0.3 is 0 Å². The summed E-state index contributed by atoms with van der Waals surface area (Å²) in [7, 11) is 0. The van der Waals surface area contributed by atoms with Crippen molar-refractivity contribution in [3.8, 4) is 5.75 Å². The number of rotatable bonds is 3. The van der Waals surface area contributed by atoms with Gasteiger partial charge in [0.1, 0.15) is 5.75 Å². The SMILES string of the molecule is CC1CCCCN1C(=O)c1ccc(CN2C(=O)COc3ccccc32)cc1. The van der Waals surface area contributed by atoms with E-state index in [2.05, 4.69) is 6.92 Å². The van der Waals surface area contributed by atoms with Gasteiger partial charge in [-0.15, -0.1) is 0 Å². The predicted octanol–water partition coefficient (Wildman–Crippen LogP) is 3.63. The van der Waals surface area contributed by atoms with E-state index in [0.29, 0.717) is 18.2 Å². The summed E-state index contributed by atoms with van der Waals surface area (Å²) in [5.41, 5.74) is 2.49. The fourth-order valence-electron chi connectivity index (χ4n) is 3.83. The molecule has 140 valence electrons. The molecule has 2 amide bonds. The Bertz CT molecular complexity index is 847. The minimum Gasteiger partial charge on any atom is -0.482 e. The number of nitrogens with zero attached hydrogens (tertiary/aromatic N) is 2.